The lowest BCUT2D eigenvalue weighted by Crippen LogP contribution is -1.98. The first-order valence-electron chi connectivity index (χ1n) is 8.35. The first-order valence-corrected chi connectivity index (χ1v) is 8.35. The number of H-pyrrole nitrogens is 1. The zero-order chi connectivity index (χ0) is 17.9. The molecule has 2 heterocycles. The normalized spacial score (nSPS) is 12.3. The number of nitrogens with zero attached hydrogens (tertiary/aromatic N) is 4. The summed E-state index contributed by atoms with van der Waals surface area (Å²) < 4.78 is 0. The molecule has 2 N–H and O–H groups in total. The number of aromatic amines is 1. The second kappa shape index (κ2) is 6.76. The Morgan fingerprint density at radius 2 is 1.92 bits per heavy atom. The molecule has 2 aromatic carbocycles. The molecule has 6 heteroatoms. The average Bonchev–Trinajstić information content (AvgIpc) is 3.02. The summed E-state index contributed by atoms with van der Waals surface area (Å²) in [6.45, 7) is 4.04. The van der Waals surface area contributed by atoms with Gasteiger partial charge in [0.15, 0.2) is 5.65 Å². The molecule has 4 rings (SSSR count). The number of allylic oxidation sites excluding steroid dienone is 1. The SMILES string of the molecule is CC(/C=N\Nc1nnc2c(n1)[nH]c1c(C)cccc12)=C\c1ccccc1. The van der Waals surface area contributed by atoms with E-state index >= 15 is 0 Å². The molecule has 0 fully saturated rings. The van der Waals surface area contributed by atoms with Crippen LogP contribution in [0, 0.1) is 6.92 Å². The zero-order valence-corrected chi connectivity index (χ0v) is 14.6. The first-order chi connectivity index (χ1) is 12.7. The van der Waals surface area contributed by atoms with E-state index in [9.17, 15) is 0 Å². The summed E-state index contributed by atoms with van der Waals surface area (Å²) in [5, 5.41) is 13.6. The molecule has 128 valence electrons. The van der Waals surface area contributed by atoms with Crippen LogP contribution in [0.25, 0.3) is 28.1 Å². The molecule has 0 saturated heterocycles. The van der Waals surface area contributed by atoms with E-state index in [1.54, 1.807) is 6.21 Å². The van der Waals surface area contributed by atoms with Gasteiger partial charge in [0, 0.05) is 5.39 Å². The van der Waals surface area contributed by atoms with Crippen molar-refractivity contribution < 1.29 is 0 Å². The fourth-order valence-corrected chi connectivity index (χ4v) is 2.83. The number of anilines is 1. The minimum Gasteiger partial charge on any atom is -0.337 e. The summed E-state index contributed by atoms with van der Waals surface area (Å²) in [6, 6.07) is 16.2. The van der Waals surface area contributed by atoms with E-state index in [2.05, 4.69) is 43.7 Å². The Bertz CT molecular complexity index is 1130. The predicted octanol–water partition coefficient (Wildman–Crippen LogP) is 4.32. The van der Waals surface area contributed by atoms with E-state index in [1.165, 1.54) is 0 Å². The van der Waals surface area contributed by atoms with Gasteiger partial charge in [0.2, 0.25) is 0 Å². The third kappa shape index (κ3) is 3.17. The van der Waals surface area contributed by atoms with Crippen LogP contribution in [0.5, 0.6) is 0 Å². The van der Waals surface area contributed by atoms with Crippen molar-refractivity contribution in [2.45, 2.75) is 13.8 Å². The van der Waals surface area contributed by atoms with Crippen LogP contribution in [0.3, 0.4) is 0 Å². The third-order valence-corrected chi connectivity index (χ3v) is 4.08. The van der Waals surface area contributed by atoms with Crippen LogP contribution in [-0.4, -0.2) is 26.4 Å². The minimum absolute atomic E-state index is 0.352. The molecule has 0 aliphatic rings. The smallest absolute Gasteiger partial charge is 0.265 e. The summed E-state index contributed by atoms with van der Waals surface area (Å²) in [4.78, 5) is 7.76. The van der Waals surface area contributed by atoms with E-state index in [-0.39, 0.29) is 0 Å². The highest BCUT2D eigenvalue weighted by Crippen LogP contribution is 2.24. The average molecular weight is 342 g/mol. The molecule has 0 aliphatic carbocycles. The van der Waals surface area contributed by atoms with Gasteiger partial charge in [0.1, 0.15) is 5.52 Å². The predicted molar refractivity (Wildman–Crippen MR) is 106 cm³/mol. The van der Waals surface area contributed by atoms with Crippen LogP contribution in [0.15, 0.2) is 59.2 Å². The topological polar surface area (TPSA) is 78.8 Å². The molecular weight excluding hydrogens is 324 g/mol. The second-order valence-corrected chi connectivity index (χ2v) is 6.12. The Morgan fingerprint density at radius 3 is 2.77 bits per heavy atom. The monoisotopic (exact) mass is 342 g/mol. The molecule has 0 radical (unpaired) electrons. The van der Waals surface area contributed by atoms with Gasteiger partial charge in [-0.25, -0.2) is 5.43 Å². The Morgan fingerprint density at radius 1 is 1.08 bits per heavy atom. The lowest BCUT2D eigenvalue weighted by Gasteiger charge is -1.98. The highest BCUT2D eigenvalue weighted by atomic mass is 15.4. The number of aromatic nitrogens is 4. The van der Waals surface area contributed by atoms with Crippen LogP contribution in [-0.2, 0) is 0 Å². The van der Waals surface area contributed by atoms with Crippen LogP contribution >= 0.6 is 0 Å². The molecule has 26 heavy (non-hydrogen) atoms. The molecule has 0 spiro atoms. The summed E-state index contributed by atoms with van der Waals surface area (Å²) in [5.74, 6) is 0.352. The maximum Gasteiger partial charge on any atom is 0.265 e. The fraction of sp³-hybridized carbons (Fsp3) is 0.100. The third-order valence-electron chi connectivity index (χ3n) is 4.08. The summed E-state index contributed by atoms with van der Waals surface area (Å²) >= 11 is 0. The van der Waals surface area contributed by atoms with Crippen LogP contribution in [0.4, 0.5) is 5.95 Å². The highest BCUT2D eigenvalue weighted by molar-refractivity contribution is 6.04. The molecular formula is C20H18N6. The molecule has 0 bridgehead atoms. The van der Waals surface area contributed by atoms with Crippen LogP contribution < -0.4 is 5.43 Å². The van der Waals surface area contributed by atoms with Gasteiger partial charge >= 0.3 is 0 Å². The number of hydrogen-bond donors (Lipinski definition) is 2. The van der Waals surface area contributed by atoms with Crippen molar-refractivity contribution in [2.75, 3.05) is 5.43 Å². The zero-order valence-electron chi connectivity index (χ0n) is 14.6. The Kier molecular flexibility index (Phi) is 4.15. The Hall–Kier alpha value is -3.54. The van der Waals surface area contributed by atoms with Crippen LogP contribution in [0.2, 0.25) is 0 Å². The van der Waals surface area contributed by atoms with Crippen molar-refractivity contribution in [3.63, 3.8) is 0 Å². The molecule has 0 saturated carbocycles. The molecule has 0 aliphatic heterocycles. The quantitative estimate of drug-likeness (QED) is 0.428. The van der Waals surface area contributed by atoms with E-state index in [4.69, 9.17) is 0 Å². The fourth-order valence-electron chi connectivity index (χ4n) is 2.83. The van der Waals surface area contributed by atoms with Gasteiger partial charge in [-0.2, -0.15) is 10.1 Å². The van der Waals surface area contributed by atoms with E-state index in [1.807, 2.05) is 55.5 Å². The van der Waals surface area contributed by atoms with Crippen molar-refractivity contribution in [2.24, 2.45) is 5.10 Å². The van der Waals surface area contributed by atoms with Gasteiger partial charge in [-0.15, -0.1) is 10.2 Å². The highest BCUT2D eigenvalue weighted by Gasteiger charge is 2.09. The van der Waals surface area contributed by atoms with Crippen LogP contribution in [0.1, 0.15) is 18.1 Å². The molecule has 2 aromatic heterocycles. The van der Waals surface area contributed by atoms with E-state index in [0.29, 0.717) is 11.6 Å². The van der Waals surface area contributed by atoms with Gasteiger partial charge < -0.3 is 4.98 Å². The molecule has 6 nitrogen and oxygen atoms in total. The lowest BCUT2D eigenvalue weighted by atomic mass is 10.1. The van der Waals surface area contributed by atoms with E-state index in [0.717, 1.165) is 33.1 Å². The lowest BCUT2D eigenvalue weighted by molar-refractivity contribution is 1.01. The van der Waals surface area contributed by atoms with Gasteiger partial charge in [0.25, 0.3) is 5.95 Å². The van der Waals surface area contributed by atoms with Gasteiger partial charge in [-0.1, -0.05) is 54.6 Å². The van der Waals surface area contributed by atoms with Crippen molar-refractivity contribution in [1.29, 1.82) is 0 Å². The van der Waals surface area contributed by atoms with Gasteiger partial charge in [0.05, 0.1) is 11.7 Å². The maximum atomic E-state index is 4.46. The molecule has 0 atom stereocenters. The number of hydrogen-bond acceptors (Lipinski definition) is 5. The van der Waals surface area contributed by atoms with Crippen molar-refractivity contribution in [1.82, 2.24) is 20.2 Å². The summed E-state index contributed by atoms with van der Waals surface area (Å²) in [6.07, 6.45) is 3.78. The number of fused-ring (bicyclic) bond motifs is 3. The number of hydrazone groups is 1. The number of rotatable bonds is 4. The largest absolute Gasteiger partial charge is 0.337 e. The van der Waals surface area contributed by atoms with E-state index < -0.39 is 0 Å². The summed E-state index contributed by atoms with van der Waals surface area (Å²) in [7, 11) is 0. The number of nitrogens with one attached hydrogen (secondary N) is 2. The van der Waals surface area contributed by atoms with Gasteiger partial charge in [-0.05, 0) is 30.5 Å². The molecule has 4 aromatic rings. The Balaban J connectivity index is 1.55. The molecule has 0 unspecified atom stereocenters. The number of aryl methyl sites for hydroxylation is 1. The Labute approximate surface area is 150 Å². The number of para-hydroxylation sites is 1. The summed E-state index contributed by atoms with van der Waals surface area (Å²) in [5.41, 5.74) is 8.62. The van der Waals surface area contributed by atoms with Crippen molar-refractivity contribution in [3.05, 3.63) is 65.2 Å². The number of benzene rings is 2. The first kappa shape index (κ1) is 16.0. The molecule has 0 amide bonds. The van der Waals surface area contributed by atoms with Gasteiger partial charge in [-0.3, -0.25) is 0 Å². The van der Waals surface area contributed by atoms with Crippen molar-refractivity contribution in [3.8, 4) is 0 Å². The van der Waals surface area contributed by atoms with Crippen molar-refractivity contribution >= 4 is 40.3 Å². The standard InChI is InChI=1S/C20H18N6/c1-13(11-15-8-4-3-5-9-15)12-21-25-20-23-19-18(24-26-20)16-10-6-7-14(2)17(16)22-19/h3-12H,1-2H3,(H2,22,23,25,26)/b13-11+,21-12-. The minimum atomic E-state index is 0.352. The maximum absolute atomic E-state index is 4.46. The second-order valence-electron chi connectivity index (χ2n) is 6.12.